The lowest BCUT2D eigenvalue weighted by atomic mass is 9.85. The van der Waals surface area contributed by atoms with E-state index in [0.717, 1.165) is 39.6 Å². The Labute approximate surface area is 198 Å². The number of benzene rings is 2. The van der Waals surface area contributed by atoms with Crippen molar-refractivity contribution in [2.24, 2.45) is 5.92 Å². The highest BCUT2D eigenvalue weighted by Crippen LogP contribution is 2.33. The Balaban J connectivity index is 1.41. The summed E-state index contributed by atoms with van der Waals surface area (Å²) in [6, 6.07) is 12.3. The average molecular weight is 479 g/mol. The van der Waals surface area contributed by atoms with Gasteiger partial charge in [-0.25, -0.2) is 0 Å². The van der Waals surface area contributed by atoms with Gasteiger partial charge in [0.1, 0.15) is 0 Å². The number of halogens is 4. The van der Waals surface area contributed by atoms with Gasteiger partial charge in [0, 0.05) is 19.6 Å². The minimum Gasteiger partial charge on any atom is -0.380 e. The molecule has 0 atom stereocenters. The van der Waals surface area contributed by atoms with Gasteiger partial charge >= 0.3 is 12.1 Å². The van der Waals surface area contributed by atoms with Gasteiger partial charge in [-0.05, 0) is 53.5 Å². The summed E-state index contributed by atoms with van der Waals surface area (Å²) in [7, 11) is 0. The Kier molecular flexibility index (Phi) is 7.52. The van der Waals surface area contributed by atoms with E-state index in [4.69, 9.17) is 11.6 Å². The third-order valence-corrected chi connectivity index (χ3v) is 7.23. The molecule has 1 amide bonds. The molecule has 1 aliphatic heterocycles. The van der Waals surface area contributed by atoms with Crippen LogP contribution in [0.5, 0.6) is 0 Å². The summed E-state index contributed by atoms with van der Waals surface area (Å²) in [5.41, 5.74) is 5.07. The quantitative estimate of drug-likeness (QED) is 0.527. The molecule has 1 N–H and O–H groups in total. The van der Waals surface area contributed by atoms with E-state index in [-0.39, 0.29) is 13.1 Å². The van der Waals surface area contributed by atoms with Crippen LogP contribution in [-0.4, -0.2) is 30.1 Å². The van der Waals surface area contributed by atoms with Crippen molar-refractivity contribution in [3.05, 3.63) is 63.7 Å². The summed E-state index contributed by atoms with van der Waals surface area (Å²) in [4.78, 5) is 12.6. The van der Waals surface area contributed by atoms with Crippen LogP contribution in [0.3, 0.4) is 0 Å². The van der Waals surface area contributed by atoms with Gasteiger partial charge in [0.2, 0.25) is 0 Å². The molecule has 1 aliphatic carbocycles. The molecular formula is C26H30ClF3N2O. The van der Waals surface area contributed by atoms with Crippen LogP contribution in [-0.2, 0) is 30.6 Å². The molecule has 7 heteroatoms. The first-order valence-corrected chi connectivity index (χ1v) is 12.2. The number of amides is 1. The highest BCUT2D eigenvalue weighted by Gasteiger charge is 2.42. The third kappa shape index (κ3) is 6.03. The number of nitrogens with zero attached hydrogens (tertiary/aromatic N) is 1. The maximum atomic E-state index is 12.9. The molecule has 0 unspecified atom stereocenters. The number of hydrogen-bond acceptors (Lipinski definition) is 2. The van der Waals surface area contributed by atoms with Crippen LogP contribution >= 0.6 is 11.6 Å². The molecule has 0 radical (unpaired) electrons. The van der Waals surface area contributed by atoms with Crippen LogP contribution in [0.25, 0.3) is 0 Å². The lowest BCUT2D eigenvalue weighted by molar-refractivity contribution is -0.185. The molecule has 178 valence electrons. The number of anilines is 1. The number of nitrogens with one attached hydrogen (secondary N) is 1. The fraction of sp³-hybridized carbons (Fsp3) is 0.500. The first-order valence-electron chi connectivity index (χ1n) is 11.8. The van der Waals surface area contributed by atoms with Crippen molar-refractivity contribution in [2.75, 3.05) is 18.4 Å². The standard InChI is InChI=1S/C26H30ClF3N2O/c27-23-11-10-21-12-14-32(25(33)26(28,29)30)15-13-22(21)24(23)31-17-20-8-6-19(7-9-20)16-18-4-2-1-3-5-18/h6-11,18,31H,1-5,12-17H2. The highest BCUT2D eigenvalue weighted by molar-refractivity contribution is 6.33. The van der Waals surface area contributed by atoms with Crippen LogP contribution in [0.1, 0.15) is 54.4 Å². The van der Waals surface area contributed by atoms with Gasteiger partial charge in [0.15, 0.2) is 0 Å². The second-order valence-electron chi connectivity index (χ2n) is 9.23. The van der Waals surface area contributed by atoms with E-state index in [0.29, 0.717) is 24.4 Å². The largest absolute Gasteiger partial charge is 0.471 e. The third-order valence-electron chi connectivity index (χ3n) is 6.91. The van der Waals surface area contributed by atoms with Crippen molar-refractivity contribution in [1.82, 2.24) is 4.90 Å². The minimum absolute atomic E-state index is 0.0240. The molecule has 0 bridgehead atoms. The van der Waals surface area contributed by atoms with Crippen LogP contribution in [0, 0.1) is 5.92 Å². The molecule has 0 saturated heterocycles. The Morgan fingerprint density at radius 1 is 0.970 bits per heavy atom. The van der Waals surface area contributed by atoms with E-state index in [1.165, 1.54) is 37.7 Å². The van der Waals surface area contributed by atoms with Crippen LogP contribution < -0.4 is 5.32 Å². The number of carbonyl (C=O) groups is 1. The number of rotatable bonds is 5. The predicted octanol–water partition coefficient (Wildman–Crippen LogP) is 6.56. The van der Waals surface area contributed by atoms with Crippen molar-refractivity contribution >= 4 is 23.2 Å². The maximum absolute atomic E-state index is 12.9. The van der Waals surface area contributed by atoms with E-state index in [9.17, 15) is 18.0 Å². The summed E-state index contributed by atoms with van der Waals surface area (Å²) >= 11 is 6.46. The predicted molar refractivity (Wildman–Crippen MR) is 126 cm³/mol. The number of fused-ring (bicyclic) bond motifs is 1. The number of hydrogen-bond donors (Lipinski definition) is 1. The molecule has 2 aromatic rings. The normalized spacial score (nSPS) is 17.4. The topological polar surface area (TPSA) is 32.3 Å². The van der Waals surface area contributed by atoms with Crippen LogP contribution in [0.15, 0.2) is 36.4 Å². The van der Waals surface area contributed by atoms with Crippen molar-refractivity contribution in [3.63, 3.8) is 0 Å². The molecule has 1 fully saturated rings. The number of alkyl halides is 3. The molecule has 2 aromatic carbocycles. The minimum atomic E-state index is -4.85. The van der Waals surface area contributed by atoms with Gasteiger partial charge < -0.3 is 10.2 Å². The van der Waals surface area contributed by atoms with E-state index in [2.05, 4.69) is 29.6 Å². The summed E-state index contributed by atoms with van der Waals surface area (Å²) < 4.78 is 38.6. The Bertz CT molecular complexity index is 969. The molecule has 1 heterocycles. The molecule has 33 heavy (non-hydrogen) atoms. The zero-order valence-corrected chi connectivity index (χ0v) is 19.4. The monoisotopic (exact) mass is 478 g/mol. The molecule has 2 aliphatic rings. The zero-order valence-electron chi connectivity index (χ0n) is 18.7. The van der Waals surface area contributed by atoms with Crippen molar-refractivity contribution in [3.8, 4) is 0 Å². The van der Waals surface area contributed by atoms with Crippen molar-refractivity contribution in [2.45, 2.75) is 64.1 Å². The van der Waals surface area contributed by atoms with Gasteiger partial charge in [-0.2, -0.15) is 13.2 Å². The summed E-state index contributed by atoms with van der Waals surface area (Å²) in [6.45, 7) is 0.649. The average Bonchev–Trinajstić information content (AvgIpc) is 3.02. The molecule has 4 rings (SSSR count). The molecular weight excluding hydrogens is 449 g/mol. The van der Waals surface area contributed by atoms with Crippen molar-refractivity contribution < 1.29 is 18.0 Å². The second kappa shape index (κ2) is 10.4. The highest BCUT2D eigenvalue weighted by atomic mass is 35.5. The summed E-state index contributed by atoms with van der Waals surface area (Å²) in [5.74, 6) is -0.977. The smallest absolute Gasteiger partial charge is 0.380 e. The van der Waals surface area contributed by atoms with E-state index < -0.39 is 12.1 Å². The van der Waals surface area contributed by atoms with Gasteiger partial charge in [-0.3, -0.25) is 4.79 Å². The van der Waals surface area contributed by atoms with E-state index in [1.54, 1.807) is 6.07 Å². The molecule has 0 aromatic heterocycles. The molecule has 1 saturated carbocycles. The lowest BCUT2D eigenvalue weighted by Gasteiger charge is -2.21. The number of carbonyl (C=O) groups excluding carboxylic acids is 1. The zero-order chi connectivity index (χ0) is 23.4. The van der Waals surface area contributed by atoms with Crippen molar-refractivity contribution in [1.29, 1.82) is 0 Å². The van der Waals surface area contributed by atoms with Crippen LogP contribution in [0.2, 0.25) is 5.02 Å². The summed E-state index contributed by atoms with van der Waals surface area (Å²) in [5, 5.41) is 3.94. The van der Waals surface area contributed by atoms with E-state index in [1.807, 2.05) is 6.07 Å². The van der Waals surface area contributed by atoms with Gasteiger partial charge in [0.05, 0.1) is 10.7 Å². The van der Waals surface area contributed by atoms with Crippen LogP contribution in [0.4, 0.5) is 18.9 Å². The first kappa shape index (κ1) is 23.9. The van der Waals surface area contributed by atoms with Gasteiger partial charge in [-0.15, -0.1) is 0 Å². The Morgan fingerprint density at radius 2 is 1.64 bits per heavy atom. The maximum Gasteiger partial charge on any atom is 0.471 e. The molecule has 0 spiro atoms. The Hall–Kier alpha value is -2.21. The van der Waals surface area contributed by atoms with E-state index >= 15 is 0 Å². The first-order chi connectivity index (χ1) is 15.8. The fourth-order valence-electron chi connectivity index (χ4n) is 5.08. The SMILES string of the molecule is O=C(N1CCc2ccc(Cl)c(NCc3ccc(CC4CCCCC4)cc3)c2CC1)C(F)(F)F. The van der Waals surface area contributed by atoms with Gasteiger partial charge in [-0.1, -0.05) is 74.0 Å². The fourth-order valence-corrected chi connectivity index (χ4v) is 5.32. The van der Waals surface area contributed by atoms with Gasteiger partial charge in [0.25, 0.3) is 0 Å². The summed E-state index contributed by atoms with van der Waals surface area (Å²) in [6.07, 6.45) is 3.70. The second-order valence-corrected chi connectivity index (χ2v) is 9.64. The molecule has 3 nitrogen and oxygen atoms in total. The Morgan fingerprint density at radius 3 is 2.33 bits per heavy atom. The lowest BCUT2D eigenvalue weighted by Crippen LogP contribution is -2.42.